The van der Waals surface area contributed by atoms with Gasteiger partial charge in [0.2, 0.25) is 11.8 Å². The van der Waals surface area contributed by atoms with E-state index in [1.165, 1.54) is 19.3 Å². The lowest BCUT2D eigenvalue weighted by molar-refractivity contribution is -0.151. The zero-order valence-electron chi connectivity index (χ0n) is 11.0. The minimum atomic E-state index is -0.742. The molecule has 4 nitrogen and oxygen atoms in total. The van der Waals surface area contributed by atoms with Gasteiger partial charge in [0, 0.05) is 6.54 Å². The van der Waals surface area contributed by atoms with Crippen LogP contribution in [0.25, 0.3) is 0 Å². The van der Waals surface area contributed by atoms with Crippen molar-refractivity contribution in [3.05, 3.63) is 0 Å². The summed E-state index contributed by atoms with van der Waals surface area (Å²) < 4.78 is 0. The molecule has 1 N–H and O–H groups in total. The van der Waals surface area contributed by atoms with Crippen molar-refractivity contribution in [2.24, 2.45) is 5.41 Å². The molecule has 17 heavy (non-hydrogen) atoms. The predicted octanol–water partition coefficient (Wildman–Crippen LogP) is 1.30. The van der Waals surface area contributed by atoms with Crippen LogP contribution < -0.4 is 5.32 Å². The highest BCUT2D eigenvalue weighted by Gasteiger charge is 2.44. The largest absolute Gasteiger partial charge is 0.341 e. The highest BCUT2D eigenvalue weighted by Crippen LogP contribution is 2.44. The Bertz CT molecular complexity index is 340. The zero-order valence-corrected chi connectivity index (χ0v) is 11.0. The van der Waals surface area contributed by atoms with E-state index in [-0.39, 0.29) is 23.8 Å². The summed E-state index contributed by atoms with van der Waals surface area (Å²) in [5.74, 6) is 0.0111. The van der Waals surface area contributed by atoms with Crippen molar-refractivity contribution < 1.29 is 9.59 Å². The summed E-state index contributed by atoms with van der Waals surface area (Å²) in [4.78, 5) is 25.6. The smallest absolute Gasteiger partial charge is 0.248 e. The van der Waals surface area contributed by atoms with Crippen LogP contribution in [0.5, 0.6) is 0 Å². The van der Waals surface area contributed by atoms with Crippen LogP contribution in [0.1, 0.15) is 46.5 Å². The SMILES string of the molecule is CCC1(CN2CC(=O)NC(C)(C)C2=O)CCC1. The zero-order chi connectivity index (χ0) is 12.7. The molecule has 2 rings (SSSR count). The molecule has 96 valence electrons. The Labute approximate surface area is 103 Å². The fourth-order valence-electron chi connectivity index (χ4n) is 2.91. The molecule has 0 aromatic carbocycles. The van der Waals surface area contributed by atoms with Gasteiger partial charge in [0.05, 0.1) is 6.54 Å². The van der Waals surface area contributed by atoms with Crippen LogP contribution in [0.2, 0.25) is 0 Å². The highest BCUT2D eigenvalue weighted by atomic mass is 16.2. The molecular weight excluding hydrogens is 216 g/mol. The monoisotopic (exact) mass is 238 g/mol. The van der Waals surface area contributed by atoms with E-state index in [1.54, 1.807) is 18.7 Å². The van der Waals surface area contributed by atoms with Crippen molar-refractivity contribution in [1.29, 1.82) is 0 Å². The van der Waals surface area contributed by atoms with Gasteiger partial charge in [-0.15, -0.1) is 0 Å². The maximum atomic E-state index is 12.2. The Kier molecular flexibility index (Phi) is 2.92. The second-order valence-corrected chi connectivity index (χ2v) is 6.04. The van der Waals surface area contributed by atoms with Gasteiger partial charge in [-0.3, -0.25) is 9.59 Å². The molecule has 0 radical (unpaired) electrons. The number of rotatable bonds is 3. The maximum absolute atomic E-state index is 12.2. The molecule has 2 fully saturated rings. The second kappa shape index (κ2) is 4.00. The molecule has 1 heterocycles. The molecule has 2 amide bonds. The summed E-state index contributed by atoms with van der Waals surface area (Å²) in [6.45, 7) is 6.71. The van der Waals surface area contributed by atoms with Crippen molar-refractivity contribution in [3.8, 4) is 0 Å². The first kappa shape index (κ1) is 12.4. The summed E-state index contributed by atoms with van der Waals surface area (Å²) in [7, 11) is 0. The molecule has 1 aliphatic heterocycles. The van der Waals surface area contributed by atoms with Gasteiger partial charge in [0.25, 0.3) is 0 Å². The van der Waals surface area contributed by atoms with E-state index >= 15 is 0 Å². The Hall–Kier alpha value is -1.06. The second-order valence-electron chi connectivity index (χ2n) is 6.04. The van der Waals surface area contributed by atoms with Crippen LogP contribution in [0.4, 0.5) is 0 Å². The first-order valence-corrected chi connectivity index (χ1v) is 6.49. The van der Waals surface area contributed by atoms with E-state index in [0.717, 1.165) is 13.0 Å². The lowest BCUT2D eigenvalue weighted by Crippen LogP contribution is -2.65. The van der Waals surface area contributed by atoms with Gasteiger partial charge >= 0.3 is 0 Å². The third-order valence-corrected chi connectivity index (χ3v) is 4.30. The molecule has 1 saturated carbocycles. The number of amides is 2. The molecule has 0 spiro atoms. The van der Waals surface area contributed by atoms with E-state index in [0.29, 0.717) is 0 Å². The van der Waals surface area contributed by atoms with Crippen molar-refractivity contribution in [3.63, 3.8) is 0 Å². The van der Waals surface area contributed by atoms with Gasteiger partial charge in [-0.25, -0.2) is 0 Å². The highest BCUT2D eigenvalue weighted by molar-refractivity contribution is 5.97. The molecule has 0 aromatic rings. The first-order chi connectivity index (χ1) is 7.88. The summed E-state index contributed by atoms with van der Waals surface area (Å²) in [6, 6.07) is 0. The van der Waals surface area contributed by atoms with Crippen molar-refractivity contribution >= 4 is 11.8 Å². The molecule has 1 aliphatic carbocycles. The van der Waals surface area contributed by atoms with Gasteiger partial charge < -0.3 is 10.2 Å². The average Bonchev–Trinajstić information content (AvgIpc) is 2.18. The predicted molar refractivity (Wildman–Crippen MR) is 65.4 cm³/mol. The minimum Gasteiger partial charge on any atom is -0.341 e. The van der Waals surface area contributed by atoms with Crippen molar-refractivity contribution in [1.82, 2.24) is 10.2 Å². The Morgan fingerprint density at radius 3 is 2.41 bits per heavy atom. The molecule has 2 aliphatic rings. The van der Waals surface area contributed by atoms with E-state index in [9.17, 15) is 9.59 Å². The molecule has 0 unspecified atom stereocenters. The Balaban J connectivity index is 2.09. The molecule has 4 heteroatoms. The number of nitrogens with one attached hydrogen (secondary N) is 1. The van der Waals surface area contributed by atoms with Crippen LogP contribution >= 0.6 is 0 Å². The number of carbonyl (C=O) groups is 2. The van der Waals surface area contributed by atoms with Crippen molar-refractivity contribution in [2.45, 2.75) is 52.0 Å². The molecule has 1 saturated heterocycles. The summed E-state index contributed by atoms with van der Waals surface area (Å²) in [5, 5.41) is 2.75. The molecule has 0 atom stereocenters. The van der Waals surface area contributed by atoms with Gasteiger partial charge in [-0.05, 0) is 38.5 Å². The van der Waals surface area contributed by atoms with Crippen LogP contribution in [0, 0.1) is 5.41 Å². The number of hydrogen-bond donors (Lipinski definition) is 1. The van der Waals surface area contributed by atoms with Crippen LogP contribution in [-0.2, 0) is 9.59 Å². The Morgan fingerprint density at radius 1 is 1.29 bits per heavy atom. The van der Waals surface area contributed by atoms with Crippen LogP contribution in [0.15, 0.2) is 0 Å². The quantitative estimate of drug-likeness (QED) is 0.805. The molecule has 0 bridgehead atoms. The number of piperazine rings is 1. The van der Waals surface area contributed by atoms with E-state index in [4.69, 9.17) is 0 Å². The van der Waals surface area contributed by atoms with Gasteiger partial charge in [0.1, 0.15) is 5.54 Å². The fourth-order valence-corrected chi connectivity index (χ4v) is 2.91. The Morgan fingerprint density at radius 2 is 1.94 bits per heavy atom. The third kappa shape index (κ3) is 2.17. The van der Waals surface area contributed by atoms with Gasteiger partial charge in [-0.2, -0.15) is 0 Å². The molecular formula is C13H22N2O2. The van der Waals surface area contributed by atoms with E-state index in [1.807, 2.05) is 0 Å². The van der Waals surface area contributed by atoms with Crippen LogP contribution in [-0.4, -0.2) is 35.3 Å². The minimum absolute atomic E-state index is 0.0415. The summed E-state index contributed by atoms with van der Waals surface area (Å²) >= 11 is 0. The average molecular weight is 238 g/mol. The normalized spacial score (nSPS) is 26.4. The standard InChI is InChI=1S/C13H22N2O2/c1-4-13(6-5-7-13)9-15-8-10(16)14-12(2,3)11(15)17/h4-9H2,1-3H3,(H,14,16). The number of nitrogens with zero attached hydrogens (tertiary/aromatic N) is 1. The first-order valence-electron chi connectivity index (χ1n) is 6.49. The lowest BCUT2D eigenvalue weighted by Gasteiger charge is -2.47. The van der Waals surface area contributed by atoms with E-state index in [2.05, 4.69) is 12.2 Å². The van der Waals surface area contributed by atoms with Gasteiger partial charge in [-0.1, -0.05) is 13.3 Å². The third-order valence-electron chi connectivity index (χ3n) is 4.30. The van der Waals surface area contributed by atoms with Crippen molar-refractivity contribution in [2.75, 3.05) is 13.1 Å². The van der Waals surface area contributed by atoms with Gasteiger partial charge in [0.15, 0.2) is 0 Å². The van der Waals surface area contributed by atoms with E-state index < -0.39 is 5.54 Å². The summed E-state index contributed by atoms with van der Waals surface area (Å²) in [5.41, 5.74) is -0.461. The topological polar surface area (TPSA) is 49.4 Å². The number of carbonyl (C=O) groups excluding carboxylic acids is 2. The summed E-state index contributed by atoms with van der Waals surface area (Å²) in [6.07, 6.45) is 4.73. The maximum Gasteiger partial charge on any atom is 0.248 e. The van der Waals surface area contributed by atoms with Crippen LogP contribution in [0.3, 0.4) is 0 Å². The lowest BCUT2D eigenvalue weighted by atomic mass is 9.66. The number of hydrogen-bond acceptors (Lipinski definition) is 2. The molecule has 0 aromatic heterocycles. The fraction of sp³-hybridized carbons (Fsp3) is 0.846.